The molecule has 0 unspecified atom stereocenters. The van der Waals surface area contributed by atoms with Gasteiger partial charge in [0, 0.05) is 11.4 Å². The largest absolute Gasteiger partial charge is 0.493 e. The molecule has 0 atom stereocenters. The van der Waals surface area contributed by atoms with Crippen molar-refractivity contribution in [2.45, 2.75) is 6.42 Å². The monoisotopic (exact) mass is 214 g/mol. The average molecular weight is 215 g/mol. The molecule has 0 fully saturated rings. The lowest BCUT2D eigenvalue weighted by molar-refractivity contribution is -0.122. The molecule has 0 aliphatic rings. The van der Waals surface area contributed by atoms with Crippen LogP contribution in [0.1, 0.15) is 6.42 Å². The zero-order chi connectivity index (χ0) is 10.4. The van der Waals surface area contributed by atoms with Crippen LogP contribution in [0.25, 0.3) is 0 Å². The van der Waals surface area contributed by atoms with E-state index in [1.54, 1.807) is 24.3 Å². The van der Waals surface area contributed by atoms with E-state index in [-0.39, 0.29) is 18.8 Å². The normalized spacial score (nSPS) is 9.86. The summed E-state index contributed by atoms with van der Waals surface area (Å²) in [5.74, 6) is 0.398. The second-order valence-electron chi connectivity index (χ2n) is 2.75. The van der Waals surface area contributed by atoms with Gasteiger partial charge in [-0.1, -0.05) is 17.7 Å². The molecule has 1 N–H and O–H groups in total. The lowest BCUT2D eigenvalue weighted by atomic mass is 10.3. The number of rotatable bonds is 5. The van der Waals surface area contributed by atoms with Crippen molar-refractivity contribution in [3.63, 3.8) is 0 Å². The van der Waals surface area contributed by atoms with E-state index in [0.29, 0.717) is 10.8 Å². The zero-order valence-corrected chi connectivity index (χ0v) is 8.33. The molecule has 76 valence electrons. The third-order valence-electron chi connectivity index (χ3n) is 1.62. The number of ketones is 1. The first kappa shape index (κ1) is 11.0. The van der Waals surface area contributed by atoms with Gasteiger partial charge in [0.1, 0.15) is 12.4 Å². The summed E-state index contributed by atoms with van der Waals surface area (Å²) in [6.07, 6.45) is 0.211. The van der Waals surface area contributed by atoms with Crippen molar-refractivity contribution in [3.05, 3.63) is 29.3 Å². The molecule has 3 nitrogen and oxygen atoms in total. The molecule has 1 rings (SSSR count). The Hall–Kier alpha value is -1.06. The lowest BCUT2D eigenvalue weighted by Gasteiger charge is -2.04. The van der Waals surface area contributed by atoms with Crippen LogP contribution in [-0.2, 0) is 4.79 Å². The van der Waals surface area contributed by atoms with E-state index in [2.05, 4.69) is 0 Å². The Balaban J connectivity index is 2.35. The Morgan fingerprint density at radius 2 is 2.29 bits per heavy atom. The van der Waals surface area contributed by atoms with Crippen LogP contribution in [0.3, 0.4) is 0 Å². The standard InChI is InChI=1S/C10H11ClO3/c11-8-2-1-3-10(6-8)14-5-4-9(13)7-12/h1-3,6,12H,4-5,7H2. The summed E-state index contributed by atoms with van der Waals surface area (Å²) in [6.45, 7) is -0.168. The first-order chi connectivity index (χ1) is 6.72. The van der Waals surface area contributed by atoms with Gasteiger partial charge in [-0.05, 0) is 18.2 Å². The minimum absolute atomic E-state index is 0.211. The Kier molecular flexibility index (Phi) is 4.43. The maximum atomic E-state index is 10.7. The quantitative estimate of drug-likeness (QED) is 0.811. The molecule has 0 bridgehead atoms. The topological polar surface area (TPSA) is 46.5 Å². The van der Waals surface area contributed by atoms with Crippen LogP contribution >= 0.6 is 11.6 Å². The average Bonchev–Trinajstić information content (AvgIpc) is 2.17. The molecule has 0 saturated carbocycles. The van der Waals surface area contributed by atoms with Crippen LogP contribution < -0.4 is 4.74 Å². The highest BCUT2D eigenvalue weighted by Gasteiger charge is 2.00. The minimum atomic E-state index is -0.432. The molecule has 0 amide bonds. The fraction of sp³-hybridized carbons (Fsp3) is 0.300. The number of hydrogen-bond acceptors (Lipinski definition) is 3. The van der Waals surface area contributed by atoms with E-state index in [0.717, 1.165) is 0 Å². The van der Waals surface area contributed by atoms with E-state index < -0.39 is 6.61 Å². The fourth-order valence-corrected chi connectivity index (χ4v) is 1.10. The molecule has 1 aromatic carbocycles. The van der Waals surface area contributed by atoms with Crippen molar-refractivity contribution in [2.75, 3.05) is 13.2 Å². The SMILES string of the molecule is O=C(CO)CCOc1cccc(Cl)c1. The van der Waals surface area contributed by atoms with Gasteiger partial charge in [-0.2, -0.15) is 0 Å². The number of benzene rings is 1. The van der Waals surface area contributed by atoms with Crippen molar-refractivity contribution < 1.29 is 14.6 Å². The highest BCUT2D eigenvalue weighted by atomic mass is 35.5. The molecule has 1 aromatic rings. The highest BCUT2D eigenvalue weighted by molar-refractivity contribution is 6.30. The Morgan fingerprint density at radius 3 is 2.93 bits per heavy atom. The van der Waals surface area contributed by atoms with Crippen molar-refractivity contribution in [3.8, 4) is 5.75 Å². The van der Waals surface area contributed by atoms with Gasteiger partial charge in [0.2, 0.25) is 0 Å². The van der Waals surface area contributed by atoms with Crippen molar-refractivity contribution in [1.82, 2.24) is 0 Å². The summed E-state index contributed by atoms with van der Waals surface area (Å²) in [6, 6.07) is 6.94. The molecule has 0 aromatic heterocycles. The van der Waals surface area contributed by atoms with Crippen molar-refractivity contribution in [1.29, 1.82) is 0 Å². The molecule has 0 spiro atoms. The molecule has 4 heteroatoms. The van der Waals surface area contributed by atoms with Gasteiger partial charge >= 0.3 is 0 Å². The molecule has 0 heterocycles. The molecule has 0 saturated heterocycles. The van der Waals surface area contributed by atoms with Crippen LogP contribution in [0.15, 0.2) is 24.3 Å². The van der Waals surface area contributed by atoms with E-state index in [9.17, 15) is 4.79 Å². The lowest BCUT2D eigenvalue weighted by Crippen LogP contribution is -2.09. The predicted molar refractivity (Wildman–Crippen MR) is 53.7 cm³/mol. The summed E-state index contributed by atoms with van der Waals surface area (Å²) in [5.41, 5.74) is 0. The minimum Gasteiger partial charge on any atom is -0.493 e. The smallest absolute Gasteiger partial charge is 0.161 e. The maximum Gasteiger partial charge on any atom is 0.161 e. The number of carbonyl (C=O) groups is 1. The van der Waals surface area contributed by atoms with Gasteiger partial charge in [-0.3, -0.25) is 4.79 Å². The Morgan fingerprint density at radius 1 is 1.50 bits per heavy atom. The number of halogens is 1. The van der Waals surface area contributed by atoms with E-state index in [1.165, 1.54) is 0 Å². The van der Waals surface area contributed by atoms with Gasteiger partial charge in [0.15, 0.2) is 5.78 Å². The number of ether oxygens (including phenoxy) is 1. The second kappa shape index (κ2) is 5.62. The first-order valence-corrected chi connectivity index (χ1v) is 4.61. The Labute approximate surface area is 87.3 Å². The summed E-state index contributed by atoms with van der Waals surface area (Å²) in [4.78, 5) is 10.7. The molecule has 0 radical (unpaired) electrons. The van der Waals surface area contributed by atoms with E-state index in [4.69, 9.17) is 21.4 Å². The van der Waals surface area contributed by atoms with Gasteiger partial charge in [0.25, 0.3) is 0 Å². The number of aliphatic hydroxyl groups is 1. The van der Waals surface area contributed by atoms with Crippen LogP contribution in [-0.4, -0.2) is 24.1 Å². The third kappa shape index (κ3) is 3.77. The van der Waals surface area contributed by atoms with Gasteiger partial charge in [-0.25, -0.2) is 0 Å². The molecular formula is C10H11ClO3. The van der Waals surface area contributed by atoms with Crippen molar-refractivity contribution >= 4 is 17.4 Å². The summed E-state index contributed by atoms with van der Waals surface area (Å²) in [5, 5.41) is 9.04. The fourth-order valence-electron chi connectivity index (χ4n) is 0.919. The molecular weight excluding hydrogens is 204 g/mol. The van der Waals surface area contributed by atoms with Gasteiger partial charge in [0.05, 0.1) is 6.61 Å². The third-order valence-corrected chi connectivity index (χ3v) is 1.86. The second-order valence-corrected chi connectivity index (χ2v) is 3.19. The molecule has 0 aliphatic heterocycles. The van der Waals surface area contributed by atoms with E-state index >= 15 is 0 Å². The zero-order valence-electron chi connectivity index (χ0n) is 7.57. The summed E-state index contributed by atoms with van der Waals surface area (Å²) < 4.78 is 5.24. The number of aliphatic hydroxyl groups excluding tert-OH is 1. The number of Topliss-reactive ketones (excluding diaryl/α,β-unsaturated/α-hetero) is 1. The Bertz CT molecular complexity index is 312. The van der Waals surface area contributed by atoms with Crippen LogP contribution in [0, 0.1) is 0 Å². The maximum absolute atomic E-state index is 10.7. The predicted octanol–water partition coefficient (Wildman–Crippen LogP) is 1.67. The molecule has 14 heavy (non-hydrogen) atoms. The number of carbonyl (C=O) groups excluding carboxylic acids is 1. The van der Waals surface area contributed by atoms with Crippen LogP contribution in [0.2, 0.25) is 5.02 Å². The summed E-state index contributed by atoms with van der Waals surface area (Å²) >= 11 is 5.73. The first-order valence-electron chi connectivity index (χ1n) is 4.23. The van der Waals surface area contributed by atoms with Gasteiger partial charge in [-0.15, -0.1) is 0 Å². The van der Waals surface area contributed by atoms with Gasteiger partial charge < -0.3 is 9.84 Å². The van der Waals surface area contributed by atoms with E-state index in [1.807, 2.05) is 0 Å². The number of hydrogen-bond donors (Lipinski definition) is 1. The van der Waals surface area contributed by atoms with Crippen molar-refractivity contribution in [2.24, 2.45) is 0 Å². The van der Waals surface area contributed by atoms with Crippen LogP contribution in [0.5, 0.6) is 5.75 Å². The molecule has 0 aliphatic carbocycles. The van der Waals surface area contributed by atoms with Crippen LogP contribution in [0.4, 0.5) is 0 Å². The summed E-state index contributed by atoms with van der Waals surface area (Å²) in [7, 11) is 0. The highest BCUT2D eigenvalue weighted by Crippen LogP contribution is 2.16.